The molecule has 0 aliphatic heterocycles. The number of aromatic nitrogens is 1. The molecule has 1 amide bonds. The Balaban J connectivity index is 1.62. The van der Waals surface area contributed by atoms with Crippen LogP contribution in [0.15, 0.2) is 42.6 Å². The first-order valence-electron chi connectivity index (χ1n) is 8.95. The summed E-state index contributed by atoms with van der Waals surface area (Å²) >= 11 is 0. The topological polar surface area (TPSA) is 79.3 Å². The maximum atomic E-state index is 12.6. The molecule has 1 heterocycles. The smallest absolute Gasteiger partial charge is 0.269 e. The second-order valence-electron chi connectivity index (χ2n) is 6.96. The largest absolute Gasteiger partial charge is 0.392 e. The molecule has 5 nitrogen and oxygen atoms in total. The molecule has 0 bridgehead atoms. The fraction of sp³-hybridized carbons (Fsp3) is 0.381. The molecule has 3 atom stereocenters. The number of aliphatic hydroxyl groups excluding tert-OH is 1. The van der Waals surface area contributed by atoms with E-state index in [0.29, 0.717) is 25.1 Å². The van der Waals surface area contributed by atoms with Crippen LogP contribution >= 0.6 is 0 Å². The third kappa shape index (κ3) is 3.68. The van der Waals surface area contributed by atoms with Crippen LogP contribution in [0.4, 0.5) is 0 Å². The summed E-state index contributed by atoms with van der Waals surface area (Å²) in [6, 6.07) is 11.1. The number of nitrogens with one attached hydrogen (secondary N) is 1. The predicted molar refractivity (Wildman–Crippen MR) is 99.0 cm³/mol. The average molecular weight is 352 g/mol. The van der Waals surface area contributed by atoms with Gasteiger partial charge in [0.1, 0.15) is 11.5 Å². The van der Waals surface area contributed by atoms with Crippen molar-refractivity contribution < 1.29 is 14.7 Å². The standard InChI is InChI=1S/C21H24N2O3/c1-13-6-5-7-14(2)18(13)19-17(24)12-15(20(19)25)9-11-23-21(26)16-8-3-4-10-22-16/h3-8,10,15,19-20,25H,9,11-12H2,1-2H3,(H,23,26). The first-order chi connectivity index (χ1) is 12.5. The number of rotatable bonds is 5. The Hall–Kier alpha value is -2.53. The van der Waals surface area contributed by atoms with Crippen LogP contribution in [0.1, 0.15) is 45.9 Å². The van der Waals surface area contributed by atoms with Gasteiger partial charge in [0.25, 0.3) is 5.91 Å². The van der Waals surface area contributed by atoms with Gasteiger partial charge < -0.3 is 10.4 Å². The van der Waals surface area contributed by atoms with Gasteiger partial charge in [0.2, 0.25) is 0 Å². The second-order valence-corrected chi connectivity index (χ2v) is 6.96. The van der Waals surface area contributed by atoms with Crippen molar-refractivity contribution in [2.75, 3.05) is 6.54 Å². The van der Waals surface area contributed by atoms with Gasteiger partial charge in [-0.15, -0.1) is 0 Å². The van der Waals surface area contributed by atoms with Gasteiger partial charge >= 0.3 is 0 Å². The SMILES string of the molecule is Cc1cccc(C)c1C1C(=O)CC(CCNC(=O)c2ccccn2)C1O. The molecule has 1 aromatic carbocycles. The van der Waals surface area contributed by atoms with E-state index in [1.807, 2.05) is 32.0 Å². The summed E-state index contributed by atoms with van der Waals surface area (Å²) in [6.45, 7) is 4.36. The molecule has 1 aliphatic rings. The lowest BCUT2D eigenvalue weighted by molar-refractivity contribution is -0.119. The molecule has 1 fully saturated rings. The third-order valence-electron chi connectivity index (χ3n) is 5.19. The molecule has 5 heteroatoms. The quantitative estimate of drug-likeness (QED) is 0.867. The summed E-state index contributed by atoms with van der Waals surface area (Å²) < 4.78 is 0. The Morgan fingerprint density at radius 3 is 2.58 bits per heavy atom. The van der Waals surface area contributed by atoms with Crippen LogP contribution in [0.5, 0.6) is 0 Å². The van der Waals surface area contributed by atoms with Gasteiger partial charge in [-0.1, -0.05) is 24.3 Å². The summed E-state index contributed by atoms with van der Waals surface area (Å²) in [7, 11) is 0. The van der Waals surface area contributed by atoms with Gasteiger partial charge in [0.05, 0.1) is 12.0 Å². The molecule has 1 aliphatic carbocycles. The molecule has 136 valence electrons. The molecule has 1 aromatic heterocycles. The minimum Gasteiger partial charge on any atom is -0.392 e. The second kappa shape index (κ2) is 7.79. The van der Waals surface area contributed by atoms with Gasteiger partial charge in [0.15, 0.2) is 0 Å². The van der Waals surface area contributed by atoms with Gasteiger partial charge in [0, 0.05) is 19.2 Å². The Morgan fingerprint density at radius 2 is 1.92 bits per heavy atom. The zero-order chi connectivity index (χ0) is 18.7. The van der Waals surface area contributed by atoms with Crippen LogP contribution < -0.4 is 5.32 Å². The van der Waals surface area contributed by atoms with E-state index in [4.69, 9.17) is 0 Å². The number of Topliss-reactive ketones (excluding diaryl/α,β-unsaturated/α-hetero) is 1. The minimum atomic E-state index is -0.714. The van der Waals surface area contributed by atoms with E-state index in [2.05, 4.69) is 10.3 Å². The van der Waals surface area contributed by atoms with Gasteiger partial charge in [-0.3, -0.25) is 14.6 Å². The number of pyridine rings is 1. The Kier molecular flexibility index (Phi) is 5.47. The summed E-state index contributed by atoms with van der Waals surface area (Å²) in [5.74, 6) is -0.769. The molecular formula is C21H24N2O3. The molecule has 26 heavy (non-hydrogen) atoms. The summed E-state index contributed by atoms with van der Waals surface area (Å²) in [5.41, 5.74) is 3.38. The molecule has 2 N–H and O–H groups in total. The first kappa shape index (κ1) is 18.3. The van der Waals surface area contributed by atoms with Crippen LogP contribution in [0, 0.1) is 19.8 Å². The summed E-state index contributed by atoms with van der Waals surface area (Å²) in [6.07, 6.45) is 1.77. The molecule has 2 aromatic rings. The zero-order valence-electron chi connectivity index (χ0n) is 15.1. The highest BCUT2D eigenvalue weighted by molar-refractivity contribution is 5.92. The Morgan fingerprint density at radius 1 is 1.19 bits per heavy atom. The number of aryl methyl sites for hydroxylation is 2. The normalized spacial score (nSPS) is 22.4. The predicted octanol–water partition coefficient (Wildman–Crippen LogP) is 2.55. The lowest BCUT2D eigenvalue weighted by Gasteiger charge is -2.22. The number of hydrogen-bond acceptors (Lipinski definition) is 4. The van der Waals surface area contributed by atoms with Crippen molar-refractivity contribution in [3.8, 4) is 0 Å². The maximum absolute atomic E-state index is 12.6. The van der Waals surface area contributed by atoms with E-state index in [-0.39, 0.29) is 17.6 Å². The molecular weight excluding hydrogens is 328 g/mol. The van der Waals surface area contributed by atoms with E-state index in [1.54, 1.807) is 24.4 Å². The third-order valence-corrected chi connectivity index (χ3v) is 5.19. The molecule has 0 spiro atoms. The lowest BCUT2D eigenvalue weighted by Crippen LogP contribution is -2.29. The van der Waals surface area contributed by atoms with Crippen molar-refractivity contribution in [2.45, 2.75) is 38.7 Å². The number of ketones is 1. The molecule has 3 unspecified atom stereocenters. The highest BCUT2D eigenvalue weighted by Gasteiger charge is 2.42. The molecule has 0 saturated heterocycles. The monoisotopic (exact) mass is 352 g/mol. The fourth-order valence-electron chi connectivity index (χ4n) is 3.85. The molecule has 3 rings (SSSR count). The average Bonchev–Trinajstić information content (AvgIpc) is 2.90. The number of hydrogen-bond donors (Lipinski definition) is 2. The zero-order valence-corrected chi connectivity index (χ0v) is 15.1. The number of carbonyl (C=O) groups excluding carboxylic acids is 2. The lowest BCUT2D eigenvalue weighted by atomic mass is 9.86. The summed E-state index contributed by atoms with van der Waals surface area (Å²) in [4.78, 5) is 28.6. The molecule has 0 radical (unpaired) electrons. The van der Waals surface area contributed by atoms with Crippen LogP contribution in [-0.4, -0.2) is 34.4 Å². The van der Waals surface area contributed by atoms with Crippen molar-refractivity contribution in [3.63, 3.8) is 0 Å². The van der Waals surface area contributed by atoms with Gasteiger partial charge in [-0.05, 0) is 55.0 Å². The number of amides is 1. The van der Waals surface area contributed by atoms with E-state index < -0.39 is 12.0 Å². The van der Waals surface area contributed by atoms with E-state index >= 15 is 0 Å². The van der Waals surface area contributed by atoms with Crippen LogP contribution in [0.3, 0.4) is 0 Å². The van der Waals surface area contributed by atoms with Gasteiger partial charge in [-0.2, -0.15) is 0 Å². The maximum Gasteiger partial charge on any atom is 0.269 e. The van der Waals surface area contributed by atoms with Crippen molar-refractivity contribution in [3.05, 3.63) is 65.0 Å². The summed E-state index contributed by atoms with van der Waals surface area (Å²) in [5, 5.41) is 13.6. The van der Waals surface area contributed by atoms with Crippen LogP contribution in [0.25, 0.3) is 0 Å². The number of aliphatic hydroxyl groups is 1. The van der Waals surface area contributed by atoms with E-state index in [9.17, 15) is 14.7 Å². The first-order valence-corrected chi connectivity index (χ1v) is 8.95. The van der Waals surface area contributed by atoms with Crippen molar-refractivity contribution in [1.82, 2.24) is 10.3 Å². The van der Waals surface area contributed by atoms with Crippen molar-refractivity contribution >= 4 is 11.7 Å². The van der Waals surface area contributed by atoms with E-state index in [0.717, 1.165) is 16.7 Å². The van der Waals surface area contributed by atoms with E-state index in [1.165, 1.54) is 0 Å². The molecule has 1 saturated carbocycles. The minimum absolute atomic E-state index is 0.0796. The van der Waals surface area contributed by atoms with Crippen LogP contribution in [-0.2, 0) is 4.79 Å². The Labute approximate surface area is 153 Å². The number of benzene rings is 1. The highest BCUT2D eigenvalue weighted by Crippen LogP contribution is 2.39. The number of carbonyl (C=O) groups is 2. The Bertz CT molecular complexity index is 784. The number of nitrogens with zero attached hydrogens (tertiary/aromatic N) is 1. The fourth-order valence-corrected chi connectivity index (χ4v) is 3.85. The van der Waals surface area contributed by atoms with Gasteiger partial charge in [-0.25, -0.2) is 0 Å². The van der Waals surface area contributed by atoms with Crippen molar-refractivity contribution in [1.29, 1.82) is 0 Å². The van der Waals surface area contributed by atoms with Crippen molar-refractivity contribution in [2.24, 2.45) is 5.92 Å². The van der Waals surface area contributed by atoms with Crippen LogP contribution in [0.2, 0.25) is 0 Å². The highest BCUT2D eigenvalue weighted by atomic mass is 16.3.